The second-order valence-electron chi connectivity index (χ2n) is 3.61. The van der Waals surface area contributed by atoms with Crippen LogP contribution in [-0.2, 0) is 0 Å². The molecule has 0 radical (unpaired) electrons. The molecule has 0 saturated heterocycles. The Hall–Kier alpha value is -2.36. The highest BCUT2D eigenvalue weighted by molar-refractivity contribution is 5.94. The van der Waals surface area contributed by atoms with E-state index >= 15 is 0 Å². The lowest BCUT2D eigenvalue weighted by atomic mass is 10.0. The molecule has 0 aliphatic rings. The molecular formula is C12H10N4. The van der Waals surface area contributed by atoms with E-state index in [0.717, 1.165) is 22.0 Å². The van der Waals surface area contributed by atoms with Crippen LogP contribution >= 0.6 is 0 Å². The van der Waals surface area contributed by atoms with E-state index in [0.29, 0.717) is 5.82 Å². The van der Waals surface area contributed by atoms with Crippen molar-refractivity contribution < 1.29 is 0 Å². The van der Waals surface area contributed by atoms with E-state index in [1.165, 1.54) is 0 Å². The Morgan fingerprint density at radius 3 is 2.81 bits per heavy atom. The van der Waals surface area contributed by atoms with Gasteiger partial charge in [0.05, 0.1) is 11.7 Å². The smallest absolute Gasteiger partial charge is 0.123 e. The Balaban J connectivity index is 2.25. The Morgan fingerprint density at radius 1 is 1.06 bits per heavy atom. The molecule has 3 rings (SSSR count). The molecule has 3 aromatic rings. The minimum atomic E-state index is 0.531. The first-order valence-corrected chi connectivity index (χ1v) is 4.98. The van der Waals surface area contributed by atoms with E-state index < -0.39 is 0 Å². The van der Waals surface area contributed by atoms with Gasteiger partial charge in [0, 0.05) is 17.1 Å². The first kappa shape index (κ1) is 8.91. The minimum Gasteiger partial charge on any atom is -0.384 e. The number of anilines is 1. The zero-order valence-corrected chi connectivity index (χ0v) is 8.51. The number of nitrogen functional groups attached to an aromatic ring is 1. The van der Waals surface area contributed by atoms with Crippen molar-refractivity contribution in [1.29, 1.82) is 0 Å². The van der Waals surface area contributed by atoms with Gasteiger partial charge < -0.3 is 5.73 Å². The fourth-order valence-electron chi connectivity index (χ4n) is 1.78. The first-order chi connectivity index (χ1) is 7.84. The van der Waals surface area contributed by atoms with Gasteiger partial charge in [0.1, 0.15) is 5.82 Å². The normalized spacial score (nSPS) is 10.8. The molecule has 3 N–H and O–H groups in total. The molecule has 0 spiro atoms. The van der Waals surface area contributed by atoms with Crippen molar-refractivity contribution in [2.45, 2.75) is 0 Å². The van der Waals surface area contributed by atoms with E-state index in [4.69, 9.17) is 5.73 Å². The molecule has 78 valence electrons. The van der Waals surface area contributed by atoms with Crippen LogP contribution in [0.4, 0.5) is 5.82 Å². The van der Waals surface area contributed by atoms with E-state index in [9.17, 15) is 0 Å². The van der Waals surface area contributed by atoms with Crippen molar-refractivity contribution in [2.75, 3.05) is 5.73 Å². The van der Waals surface area contributed by atoms with Gasteiger partial charge in [0.15, 0.2) is 0 Å². The number of hydrogen-bond acceptors (Lipinski definition) is 3. The van der Waals surface area contributed by atoms with Gasteiger partial charge in [-0.05, 0) is 23.8 Å². The molecule has 16 heavy (non-hydrogen) atoms. The molecule has 1 aromatic carbocycles. The number of nitrogens with one attached hydrogen (secondary N) is 1. The monoisotopic (exact) mass is 210 g/mol. The van der Waals surface area contributed by atoms with Crippen molar-refractivity contribution in [3.63, 3.8) is 0 Å². The average molecular weight is 210 g/mol. The lowest BCUT2D eigenvalue weighted by Gasteiger charge is -2.02. The molecule has 4 heteroatoms. The van der Waals surface area contributed by atoms with Gasteiger partial charge in [-0.3, -0.25) is 5.10 Å². The highest BCUT2D eigenvalue weighted by Crippen LogP contribution is 2.26. The summed E-state index contributed by atoms with van der Waals surface area (Å²) in [5, 5.41) is 8.07. The highest BCUT2D eigenvalue weighted by Gasteiger charge is 2.04. The number of aromatic amines is 1. The Morgan fingerprint density at radius 2 is 2.00 bits per heavy atom. The Labute approximate surface area is 92.1 Å². The number of rotatable bonds is 1. The second kappa shape index (κ2) is 3.34. The van der Waals surface area contributed by atoms with Gasteiger partial charge in [-0.15, -0.1) is 0 Å². The van der Waals surface area contributed by atoms with Crippen molar-refractivity contribution in [3.8, 4) is 11.1 Å². The maximum atomic E-state index is 5.57. The van der Waals surface area contributed by atoms with Gasteiger partial charge in [-0.2, -0.15) is 5.10 Å². The molecule has 0 bridgehead atoms. The molecule has 0 aliphatic carbocycles. The van der Waals surface area contributed by atoms with Gasteiger partial charge in [-0.25, -0.2) is 4.98 Å². The lowest BCUT2D eigenvalue weighted by Crippen LogP contribution is -1.89. The Kier molecular flexibility index (Phi) is 1.86. The predicted octanol–water partition coefficient (Wildman–Crippen LogP) is 2.21. The van der Waals surface area contributed by atoms with E-state index in [2.05, 4.69) is 15.2 Å². The highest BCUT2D eigenvalue weighted by atomic mass is 15.1. The molecule has 0 amide bonds. The van der Waals surface area contributed by atoms with Crippen molar-refractivity contribution in [2.24, 2.45) is 0 Å². The number of nitrogens with zero attached hydrogens (tertiary/aromatic N) is 2. The fourth-order valence-corrected chi connectivity index (χ4v) is 1.78. The fraction of sp³-hybridized carbons (Fsp3) is 0. The number of hydrogen-bond donors (Lipinski definition) is 2. The van der Waals surface area contributed by atoms with Crippen LogP contribution < -0.4 is 5.73 Å². The topological polar surface area (TPSA) is 67.6 Å². The van der Waals surface area contributed by atoms with Crippen LogP contribution in [0.2, 0.25) is 0 Å². The minimum absolute atomic E-state index is 0.531. The van der Waals surface area contributed by atoms with Gasteiger partial charge in [-0.1, -0.05) is 12.1 Å². The maximum Gasteiger partial charge on any atom is 0.123 e. The third-order valence-corrected chi connectivity index (χ3v) is 2.58. The Bertz CT molecular complexity index is 625. The molecular weight excluding hydrogens is 200 g/mol. The number of benzene rings is 1. The number of pyridine rings is 1. The average Bonchev–Trinajstić information content (AvgIpc) is 2.78. The predicted molar refractivity (Wildman–Crippen MR) is 63.7 cm³/mol. The number of nitrogens with two attached hydrogens (primary N) is 1. The number of H-pyrrole nitrogens is 1. The molecule has 4 nitrogen and oxygen atoms in total. The quantitative estimate of drug-likeness (QED) is 0.647. The van der Waals surface area contributed by atoms with Crippen molar-refractivity contribution in [3.05, 3.63) is 42.7 Å². The first-order valence-electron chi connectivity index (χ1n) is 4.98. The zero-order chi connectivity index (χ0) is 11.0. The third kappa shape index (κ3) is 1.32. The molecule has 0 unspecified atom stereocenters. The van der Waals surface area contributed by atoms with E-state index in [-0.39, 0.29) is 0 Å². The molecule has 2 heterocycles. The maximum absolute atomic E-state index is 5.57. The molecule has 0 aliphatic heterocycles. The van der Waals surface area contributed by atoms with Crippen LogP contribution in [0.3, 0.4) is 0 Å². The largest absolute Gasteiger partial charge is 0.384 e. The molecule has 0 atom stereocenters. The number of fused-ring (bicyclic) bond motifs is 1. The van der Waals surface area contributed by atoms with Crippen LogP contribution in [-0.4, -0.2) is 15.2 Å². The van der Waals surface area contributed by atoms with Crippen molar-refractivity contribution >= 4 is 16.7 Å². The van der Waals surface area contributed by atoms with E-state index in [1.54, 1.807) is 12.3 Å². The van der Waals surface area contributed by atoms with Gasteiger partial charge in [0.25, 0.3) is 0 Å². The SMILES string of the molecule is Nc1ccc(-c2cccc3[nH]ncc23)cn1. The molecule has 2 aromatic heterocycles. The summed E-state index contributed by atoms with van der Waals surface area (Å²) in [6.07, 6.45) is 3.60. The summed E-state index contributed by atoms with van der Waals surface area (Å²) in [5.41, 5.74) is 8.74. The lowest BCUT2D eigenvalue weighted by molar-refractivity contribution is 1.12. The summed E-state index contributed by atoms with van der Waals surface area (Å²) in [7, 11) is 0. The molecule has 0 saturated carbocycles. The van der Waals surface area contributed by atoms with Gasteiger partial charge in [0.2, 0.25) is 0 Å². The second-order valence-corrected chi connectivity index (χ2v) is 3.61. The summed E-state index contributed by atoms with van der Waals surface area (Å²) < 4.78 is 0. The van der Waals surface area contributed by atoms with Crippen LogP contribution in [0, 0.1) is 0 Å². The summed E-state index contributed by atoms with van der Waals surface area (Å²) in [5.74, 6) is 0.531. The summed E-state index contributed by atoms with van der Waals surface area (Å²) in [6, 6.07) is 9.80. The van der Waals surface area contributed by atoms with Crippen LogP contribution in [0.15, 0.2) is 42.7 Å². The van der Waals surface area contributed by atoms with Crippen LogP contribution in [0.5, 0.6) is 0 Å². The van der Waals surface area contributed by atoms with Crippen LogP contribution in [0.1, 0.15) is 0 Å². The summed E-state index contributed by atoms with van der Waals surface area (Å²) in [4.78, 5) is 4.09. The summed E-state index contributed by atoms with van der Waals surface area (Å²) in [6.45, 7) is 0. The summed E-state index contributed by atoms with van der Waals surface area (Å²) >= 11 is 0. The molecule has 0 fully saturated rings. The standard InChI is InChI=1S/C12H10N4/c13-12-5-4-8(6-14-12)9-2-1-3-11-10(9)7-15-16-11/h1-7H,(H2,13,14)(H,15,16). The third-order valence-electron chi connectivity index (χ3n) is 2.58. The zero-order valence-electron chi connectivity index (χ0n) is 8.51. The van der Waals surface area contributed by atoms with Crippen molar-refractivity contribution in [1.82, 2.24) is 15.2 Å². The number of aromatic nitrogens is 3. The van der Waals surface area contributed by atoms with Gasteiger partial charge >= 0.3 is 0 Å². The van der Waals surface area contributed by atoms with E-state index in [1.807, 2.05) is 30.5 Å². The van der Waals surface area contributed by atoms with Crippen LogP contribution in [0.25, 0.3) is 22.0 Å².